The molecular formula is C13H15F2N3O. The van der Waals surface area contributed by atoms with Crippen LogP contribution in [0.4, 0.5) is 14.5 Å². The Hall–Kier alpha value is -1.71. The lowest BCUT2D eigenvalue weighted by atomic mass is 10.2. The number of anilines is 1. The predicted molar refractivity (Wildman–Crippen MR) is 66.8 cm³/mol. The molecule has 1 fully saturated rings. The summed E-state index contributed by atoms with van der Waals surface area (Å²) in [7, 11) is 0. The highest BCUT2D eigenvalue weighted by molar-refractivity contribution is 5.50. The molecule has 1 aromatic rings. The molecule has 2 rings (SSSR count). The SMILES string of the molecule is N#Cc1cc(F)c(NCCN2CCOCC2)c(F)c1. The molecule has 0 aromatic heterocycles. The number of nitrogens with zero attached hydrogens (tertiary/aromatic N) is 2. The maximum atomic E-state index is 13.6. The van der Waals surface area contributed by atoms with Gasteiger partial charge in [-0.3, -0.25) is 4.90 Å². The lowest BCUT2D eigenvalue weighted by molar-refractivity contribution is 0.0398. The second-order valence-corrected chi connectivity index (χ2v) is 4.31. The van der Waals surface area contributed by atoms with E-state index in [4.69, 9.17) is 10.00 Å². The van der Waals surface area contributed by atoms with Crippen LogP contribution in [0.5, 0.6) is 0 Å². The van der Waals surface area contributed by atoms with E-state index < -0.39 is 11.6 Å². The zero-order valence-electron chi connectivity index (χ0n) is 10.5. The molecule has 0 spiro atoms. The number of nitrogens with one attached hydrogen (secondary N) is 1. The minimum absolute atomic E-state index is 0.0197. The number of nitriles is 1. The van der Waals surface area contributed by atoms with Gasteiger partial charge in [0.1, 0.15) is 5.69 Å². The lowest BCUT2D eigenvalue weighted by Gasteiger charge is -2.26. The Balaban J connectivity index is 1.90. The van der Waals surface area contributed by atoms with Gasteiger partial charge < -0.3 is 10.1 Å². The van der Waals surface area contributed by atoms with Crippen molar-refractivity contribution in [2.24, 2.45) is 0 Å². The molecule has 1 saturated heterocycles. The van der Waals surface area contributed by atoms with E-state index in [0.717, 1.165) is 25.2 Å². The fraction of sp³-hybridized carbons (Fsp3) is 0.462. The van der Waals surface area contributed by atoms with Gasteiger partial charge in [0.25, 0.3) is 0 Å². The van der Waals surface area contributed by atoms with Crippen LogP contribution in [-0.2, 0) is 4.74 Å². The quantitative estimate of drug-likeness (QED) is 0.899. The number of hydrogen-bond acceptors (Lipinski definition) is 4. The monoisotopic (exact) mass is 267 g/mol. The number of hydrogen-bond donors (Lipinski definition) is 1. The van der Waals surface area contributed by atoms with Gasteiger partial charge in [0.15, 0.2) is 11.6 Å². The Morgan fingerprint density at radius 2 is 1.89 bits per heavy atom. The van der Waals surface area contributed by atoms with E-state index in [0.29, 0.717) is 26.3 Å². The number of ether oxygens (including phenoxy) is 1. The lowest BCUT2D eigenvalue weighted by Crippen LogP contribution is -2.39. The molecule has 102 valence electrons. The minimum Gasteiger partial charge on any atom is -0.379 e. The Kier molecular flexibility index (Phi) is 4.66. The second kappa shape index (κ2) is 6.45. The number of benzene rings is 1. The molecule has 0 radical (unpaired) electrons. The molecular weight excluding hydrogens is 252 g/mol. The van der Waals surface area contributed by atoms with E-state index in [1.54, 1.807) is 6.07 Å². The summed E-state index contributed by atoms with van der Waals surface area (Å²) in [5.41, 5.74) is -0.194. The Bertz CT molecular complexity index is 458. The van der Waals surface area contributed by atoms with E-state index in [-0.39, 0.29) is 11.3 Å². The van der Waals surface area contributed by atoms with Crippen molar-refractivity contribution in [1.82, 2.24) is 4.90 Å². The summed E-state index contributed by atoms with van der Waals surface area (Å²) in [6.45, 7) is 4.20. The van der Waals surface area contributed by atoms with E-state index in [1.165, 1.54) is 0 Å². The topological polar surface area (TPSA) is 48.3 Å². The van der Waals surface area contributed by atoms with E-state index in [1.807, 2.05) is 0 Å². The smallest absolute Gasteiger partial charge is 0.150 e. The average molecular weight is 267 g/mol. The Labute approximate surface area is 110 Å². The highest BCUT2D eigenvalue weighted by Gasteiger charge is 2.13. The van der Waals surface area contributed by atoms with Crippen molar-refractivity contribution in [3.05, 3.63) is 29.3 Å². The normalized spacial score (nSPS) is 16.1. The molecule has 1 aromatic carbocycles. The number of halogens is 2. The third-order valence-corrected chi connectivity index (χ3v) is 3.00. The summed E-state index contributed by atoms with van der Waals surface area (Å²) in [4.78, 5) is 2.16. The van der Waals surface area contributed by atoms with Crippen LogP contribution in [0.2, 0.25) is 0 Å². The first-order valence-corrected chi connectivity index (χ1v) is 6.14. The first-order valence-electron chi connectivity index (χ1n) is 6.14. The molecule has 0 saturated carbocycles. The van der Waals surface area contributed by atoms with Gasteiger partial charge in [-0.15, -0.1) is 0 Å². The van der Waals surface area contributed by atoms with Crippen LogP contribution in [0.15, 0.2) is 12.1 Å². The van der Waals surface area contributed by atoms with Gasteiger partial charge in [0.2, 0.25) is 0 Å². The predicted octanol–water partition coefficient (Wildman–Crippen LogP) is 1.58. The maximum Gasteiger partial charge on any atom is 0.150 e. The van der Waals surface area contributed by atoms with E-state index in [2.05, 4.69) is 10.2 Å². The van der Waals surface area contributed by atoms with Crippen molar-refractivity contribution in [1.29, 1.82) is 5.26 Å². The van der Waals surface area contributed by atoms with Crippen molar-refractivity contribution in [3.8, 4) is 6.07 Å². The zero-order chi connectivity index (χ0) is 13.7. The number of morpholine rings is 1. The minimum atomic E-state index is -0.737. The third kappa shape index (κ3) is 3.63. The summed E-state index contributed by atoms with van der Waals surface area (Å²) in [5.74, 6) is -1.47. The Morgan fingerprint density at radius 3 is 2.47 bits per heavy atom. The van der Waals surface area contributed by atoms with Crippen molar-refractivity contribution in [2.75, 3.05) is 44.7 Å². The average Bonchev–Trinajstić information content (AvgIpc) is 2.42. The highest BCUT2D eigenvalue weighted by atomic mass is 19.1. The van der Waals surface area contributed by atoms with Gasteiger partial charge in [-0.2, -0.15) is 5.26 Å². The fourth-order valence-electron chi connectivity index (χ4n) is 1.97. The zero-order valence-corrected chi connectivity index (χ0v) is 10.5. The molecule has 0 aliphatic carbocycles. The fourth-order valence-corrected chi connectivity index (χ4v) is 1.97. The van der Waals surface area contributed by atoms with Gasteiger partial charge in [-0.25, -0.2) is 8.78 Å². The number of rotatable bonds is 4. The van der Waals surface area contributed by atoms with Gasteiger partial charge in [-0.05, 0) is 12.1 Å². The van der Waals surface area contributed by atoms with Crippen molar-refractivity contribution in [2.45, 2.75) is 0 Å². The molecule has 1 aliphatic heterocycles. The molecule has 6 heteroatoms. The molecule has 1 N–H and O–H groups in total. The van der Waals surface area contributed by atoms with Crippen molar-refractivity contribution < 1.29 is 13.5 Å². The molecule has 0 unspecified atom stereocenters. The van der Waals surface area contributed by atoms with Crippen LogP contribution in [-0.4, -0.2) is 44.3 Å². The first kappa shape index (κ1) is 13.7. The van der Waals surface area contributed by atoms with Gasteiger partial charge in [0.05, 0.1) is 24.8 Å². The summed E-state index contributed by atoms with van der Waals surface area (Å²) in [6.07, 6.45) is 0. The maximum absolute atomic E-state index is 13.6. The molecule has 1 heterocycles. The van der Waals surface area contributed by atoms with E-state index in [9.17, 15) is 8.78 Å². The van der Waals surface area contributed by atoms with Crippen LogP contribution in [0.3, 0.4) is 0 Å². The first-order chi connectivity index (χ1) is 9.20. The van der Waals surface area contributed by atoms with Crippen LogP contribution in [0.25, 0.3) is 0 Å². The van der Waals surface area contributed by atoms with Crippen LogP contribution >= 0.6 is 0 Å². The van der Waals surface area contributed by atoms with Crippen LogP contribution in [0, 0.1) is 23.0 Å². The van der Waals surface area contributed by atoms with Crippen molar-refractivity contribution in [3.63, 3.8) is 0 Å². The van der Waals surface area contributed by atoms with Gasteiger partial charge in [0, 0.05) is 26.2 Å². The highest BCUT2D eigenvalue weighted by Crippen LogP contribution is 2.20. The van der Waals surface area contributed by atoms with E-state index >= 15 is 0 Å². The second-order valence-electron chi connectivity index (χ2n) is 4.31. The van der Waals surface area contributed by atoms with Crippen LogP contribution in [0.1, 0.15) is 5.56 Å². The summed E-state index contributed by atoms with van der Waals surface area (Å²) in [6, 6.07) is 3.77. The third-order valence-electron chi connectivity index (χ3n) is 3.00. The molecule has 0 amide bonds. The largest absolute Gasteiger partial charge is 0.379 e. The molecule has 0 atom stereocenters. The van der Waals surface area contributed by atoms with Crippen molar-refractivity contribution >= 4 is 5.69 Å². The molecule has 1 aliphatic rings. The van der Waals surface area contributed by atoms with Gasteiger partial charge >= 0.3 is 0 Å². The molecule has 19 heavy (non-hydrogen) atoms. The van der Waals surface area contributed by atoms with Crippen LogP contribution < -0.4 is 5.32 Å². The molecule has 4 nitrogen and oxygen atoms in total. The standard InChI is InChI=1S/C13H15F2N3O/c14-11-7-10(9-16)8-12(15)13(11)17-1-2-18-3-5-19-6-4-18/h7-8,17H,1-6H2. The summed E-state index contributed by atoms with van der Waals surface area (Å²) >= 11 is 0. The Morgan fingerprint density at radius 1 is 1.26 bits per heavy atom. The molecule has 0 bridgehead atoms. The summed E-state index contributed by atoms with van der Waals surface area (Å²) < 4.78 is 32.4. The van der Waals surface area contributed by atoms with Gasteiger partial charge in [-0.1, -0.05) is 0 Å². The summed E-state index contributed by atoms with van der Waals surface area (Å²) in [5, 5.41) is 11.3.